The molecule has 7 aromatic carbocycles. The minimum atomic E-state index is 0.579. The minimum Gasteiger partial charge on any atom is -0.455 e. The molecule has 0 saturated carbocycles. The van der Waals surface area contributed by atoms with E-state index in [4.69, 9.17) is 19.4 Å². The number of aromatic nitrogens is 4. The molecule has 0 aliphatic heterocycles. The van der Waals surface area contributed by atoms with Crippen LogP contribution in [0.1, 0.15) is 5.56 Å². The van der Waals surface area contributed by atoms with E-state index in [1.165, 1.54) is 30.9 Å². The summed E-state index contributed by atoms with van der Waals surface area (Å²) in [6, 6.07) is 52.9. The number of hydrogen-bond acceptors (Lipinski definition) is 5. The largest absolute Gasteiger partial charge is 0.455 e. The molecule has 0 amide bonds. The molecule has 4 heterocycles. The van der Waals surface area contributed by atoms with Crippen LogP contribution in [0.5, 0.6) is 0 Å². The molecule has 0 fully saturated rings. The van der Waals surface area contributed by atoms with Crippen LogP contribution in [0.25, 0.3) is 104 Å². The van der Waals surface area contributed by atoms with Crippen molar-refractivity contribution in [3.05, 3.63) is 157 Å². The van der Waals surface area contributed by atoms with Crippen molar-refractivity contribution in [2.75, 3.05) is 0 Å². The van der Waals surface area contributed by atoms with Crippen LogP contribution in [-0.4, -0.2) is 19.5 Å². The molecule has 4 aromatic heterocycles. The standard InChI is InChI=1S/C46H28N4OS/c1-27-26-36(50-34-21-11-8-19-32(34)41-35(50)25-24-31-30-18-10-13-23-38(30)52-43(31)41)40-33-20-9-12-22-37(33)51-42(40)39(27)46-48-44(28-14-4-2-5-15-28)47-45(49-46)29-16-6-3-7-17-29/h2-26H,1H3. The van der Waals surface area contributed by atoms with Gasteiger partial charge in [0, 0.05) is 47.5 Å². The highest BCUT2D eigenvalue weighted by atomic mass is 32.1. The third kappa shape index (κ3) is 4.25. The molecule has 0 unspecified atom stereocenters. The summed E-state index contributed by atoms with van der Waals surface area (Å²) < 4.78 is 11.9. The van der Waals surface area contributed by atoms with Crippen LogP contribution in [0, 0.1) is 6.92 Å². The second-order valence-corrected chi connectivity index (χ2v) is 14.3. The Morgan fingerprint density at radius 1 is 0.519 bits per heavy atom. The van der Waals surface area contributed by atoms with E-state index in [1.807, 2.05) is 84.1 Å². The fraction of sp³-hybridized carbons (Fsp3) is 0.0217. The van der Waals surface area contributed by atoms with Gasteiger partial charge in [0.2, 0.25) is 0 Å². The Labute approximate surface area is 302 Å². The summed E-state index contributed by atoms with van der Waals surface area (Å²) in [5.41, 5.74) is 8.68. The van der Waals surface area contributed by atoms with E-state index >= 15 is 0 Å². The van der Waals surface area contributed by atoms with E-state index in [0.717, 1.165) is 60.9 Å². The SMILES string of the molecule is Cc1cc(-n2c3ccccc3c3c4sc5ccccc5c4ccc32)c2c(oc3ccccc32)c1-c1nc(-c2ccccc2)nc(-c2ccccc2)n1. The normalized spacial score (nSPS) is 11.9. The lowest BCUT2D eigenvalue weighted by molar-refractivity contribution is 0.669. The zero-order valence-electron chi connectivity index (χ0n) is 28.0. The zero-order chi connectivity index (χ0) is 34.3. The van der Waals surface area contributed by atoms with E-state index in [1.54, 1.807) is 0 Å². The molecule has 11 rings (SSSR count). The molecule has 0 radical (unpaired) electrons. The first-order valence-electron chi connectivity index (χ1n) is 17.4. The summed E-state index contributed by atoms with van der Waals surface area (Å²) in [6.45, 7) is 2.14. The predicted molar refractivity (Wildman–Crippen MR) is 215 cm³/mol. The Bertz CT molecular complexity index is 3140. The van der Waals surface area contributed by atoms with Crippen LogP contribution in [0.3, 0.4) is 0 Å². The van der Waals surface area contributed by atoms with Crippen LogP contribution in [-0.2, 0) is 0 Å². The fourth-order valence-electron chi connectivity index (χ4n) is 7.87. The summed E-state index contributed by atoms with van der Waals surface area (Å²) in [7, 11) is 0. The van der Waals surface area contributed by atoms with Gasteiger partial charge in [0.15, 0.2) is 17.5 Å². The van der Waals surface area contributed by atoms with Gasteiger partial charge in [-0.2, -0.15) is 0 Å². The van der Waals surface area contributed by atoms with Crippen molar-refractivity contribution in [2.24, 2.45) is 0 Å². The first-order valence-corrected chi connectivity index (χ1v) is 18.2. The van der Waals surface area contributed by atoms with Crippen LogP contribution < -0.4 is 0 Å². The van der Waals surface area contributed by atoms with Gasteiger partial charge in [-0.15, -0.1) is 11.3 Å². The molecule has 52 heavy (non-hydrogen) atoms. The van der Waals surface area contributed by atoms with Crippen molar-refractivity contribution in [2.45, 2.75) is 6.92 Å². The van der Waals surface area contributed by atoms with Gasteiger partial charge in [0.25, 0.3) is 0 Å². The monoisotopic (exact) mass is 684 g/mol. The third-order valence-corrected chi connectivity index (χ3v) is 11.4. The maximum atomic E-state index is 6.87. The number of benzene rings is 7. The number of para-hydroxylation sites is 2. The first kappa shape index (κ1) is 29.1. The maximum absolute atomic E-state index is 6.87. The highest BCUT2D eigenvalue weighted by Crippen LogP contribution is 2.46. The molecule has 0 saturated heterocycles. The predicted octanol–water partition coefficient (Wildman–Crippen LogP) is 12.5. The number of thiophene rings is 1. The summed E-state index contributed by atoms with van der Waals surface area (Å²) in [5, 5.41) is 7.16. The highest BCUT2D eigenvalue weighted by molar-refractivity contribution is 7.26. The Hall–Kier alpha value is -6.63. The van der Waals surface area contributed by atoms with Gasteiger partial charge in [0.1, 0.15) is 11.2 Å². The average molecular weight is 685 g/mol. The van der Waals surface area contributed by atoms with Crippen molar-refractivity contribution in [3.63, 3.8) is 0 Å². The summed E-state index contributed by atoms with van der Waals surface area (Å²) >= 11 is 1.87. The highest BCUT2D eigenvalue weighted by Gasteiger charge is 2.25. The smallest absolute Gasteiger partial charge is 0.168 e. The second kappa shape index (κ2) is 11.2. The van der Waals surface area contributed by atoms with Gasteiger partial charge < -0.3 is 8.98 Å². The number of hydrogen-bond donors (Lipinski definition) is 0. The van der Waals surface area contributed by atoms with Crippen molar-refractivity contribution in [3.8, 4) is 39.9 Å². The van der Waals surface area contributed by atoms with E-state index in [9.17, 15) is 0 Å². The molecule has 0 bridgehead atoms. The molecular weight excluding hydrogens is 657 g/mol. The molecule has 6 heteroatoms. The second-order valence-electron chi connectivity index (χ2n) is 13.2. The third-order valence-electron chi connectivity index (χ3n) is 10.2. The average Bonchev–Trinajstić information content (AvgIpc) is 3.88. The topological polar surface area (TPSA) is 56.7 Å². The number of furan rings is 1. The van der Waals surface area contributed by atoms with Crippen LogP contribution in [0.4, 0.5) is 0 Å². The van der Waals surface area contributed by atoms with Gasteiger partial charge >= 0.3 is 0 Å². The number of aryl methyl sites for hydroxylation is 1. The quantitative estimate of drug-likeness (QED) is 0.185. The first-order chi connectivity index (χ1) is 25.7. The summed E-state index contributed by atoms with van der Waals surface area (Å²) in [6.07, 6.45) is 0. The Morgan fingerprint density at radius 3 is 1.88 bits per heavy atom. The zero-order valence-corrected chi connectivity index (χ0v) is 28.9. The number of fused-ring (bicyclic) bond motifs is 10. The lowest BCUT2D eigenvalue weighted by Gasteiger charge is -2.15. The molecule has 0 aliphatic carbocycles. The fourth-order valence-corrected chi connectivity index (χ4v) is 9.13. The van der Waals surface area contributed by atoms with Crippen molar-refractivity contribution in [1.82, 2.24) is 19.5 Å². The molecule has 0 aliphatic rings. The number of rotatable bonds is 4. The lowest BCUT2D eigenvalue weighted by atomic mass is 10.0. The van der Waals surface area contributed by atoms with Gasteiger partial charge in [-0.05, 0) is 42.8 Å². The van der Waals surface area contributed by atoms with Gasteiger partial charge in [-0.25, -0.2) is 15.0 Å². The van der Waals surface area contributed by atoms with Crippen LogP contribution >= 0.6 is 11.3 Å². The Kier molecular flexibility index (Phi) is 6.27. The van der Waals surface area contributed by atoms with Crippen molar-refractivity contribution >= 4 is 75.3 Å². The van der Waals surface area contributed by atoms with Gasteiger partial charge in [0.05, 0.1) is 27.7 Å². The Balaban J connectivity index is 1.25. The molecule has 244 valence electrons. The van der Waals surface area contributed by atoms with Gasteiger partial charge in [-0.1, -0.05) is 121 Å². The molecular formula is C46H28N4OS. The van der Waals surface area contributed by atoms with E-state index in [2.05, 4.69) is 90.4 Å². The molecule has 0 N–H and O–H groups in total. The lowest BCUT2D eigenvalue weighted by Crippen LogP contribution is -2.03. The van der Waals surface area contributed by atoms with Crippen molar-refractivity contribution in [1.29, 1.82) is 0 Å². The maximum Gasteiger partial charge on any atom is 0.168 e. The van der Waals surface area contributed by atoms with E-state index < -0.39 is 0 Å². The van der Waals surface area contributed by atoms with Crippen LogP contribution in [0.2, 0.25) is 0 Å². The minimum absolute atomic E-state index is 0.579. The van der Waals surface area contributed by atoms with E-state index in [-0.39, 0.29) is 0 Å². The van der Waals surface area contributed by atoms with Crippen molar-refractivity contribution < 1.29 is 4.42 Å². The molecule has 0 spiro atoms. The Morgan fingerprint density at radius 2 is 1.13 bits per heavy atom. The molecule has 0 atom stereocenters. The molecule has 11 aromatic rings. The molecule has 5 nitrogen and oxygen atoms in total. The van der Waals surface area contributed by atoms with Crippen LogP contribution in [0.15, 0.2) is 156 Å². The summed E-state index contributed by atoms with van der Waals surface area (Å²) in [5.74, 6) is 1.81. The number of nitrogens with zero attached hydrogens (tertiary/aromatic N) is 4. The summed E-state index contributed by atoms with van der Waals surface area (Å²) in [4.78, 5) is 15.2. The van der Waals surface area contributed by atoms with Gasteiger partial charge in [-0.3, -0.25) is 0 Å². The van der Waals surface area contributed by atoms with E-state index in [0.29, 0.717) is 17.5 Å².